The van der Waals surface area contributed by atoms with E-state index in [0.29, 0.717) is 12.1 Å². The number of carbonyl (C=O) groups excluding carboxylic acids is 2. The molecule has 5 nitrogen and oxygen atoms in total. The first-order chi connectivity index (χ1) is 14.0. The molecule has 1 unspecified atom stereocenters. The lowest BCUT2D eigenvalue weighted by molar-refractivity contribution is -0.140. The molecule has 0 aliphatic carbocycles. The normalized spacial score (nSPS) is 18.4. The largest absolute Gasteiger partial charge is 0.507 e. The Hall–Kier alpha value is -2.77. The van der Waals surface area contributed by atoms with Gasteiger partial charge in [-0.05, 0) is 53.8 Å². The van der Waals surface area contributed by atoms with Gasteiger partial charge < -0.3 is 10.0 Å². The van der Waals surface area contributed by atoms with Gasteiger partial charge in [-0.1, -0.05) is 28.1 Å². The molecule has 1 amide bonds. The number of Topliss-reactive ketones (excluding diaryl/α,β-unsaturated/α-hetero) is 1. The smallest absolute Gasteiger partial charge is 0.295 e. The van der Waals surface area contributed by atoms with Gasteiger partial charge in [-0.15, -0.1) is 11.3 Å². The van der Waals surface area contributed by atoms with Crippen molar-refractivity contribution in [3.8, 4) is 0 Å². The Bertz CT molecular complexity index is 1110. The number of pyridine rings is 1. The fourth-order valence-corrected chi connectivity index (χ4v) is 4.40. The number of amides is 1. The Morgan fingerprint density at radius 3 is 2.62 bits per heavy atom. The van der Waals surface area contributed by atoms with Crippen LogP contribution in [0.5, 0.6) is 0 Å². The maximum absolute atomic E-state index is 13.0. The van der Waals surface area contributed by atoms with Gasteiger partial charge in [0.05, 0.1) is 18.2 Å². The van der Waals surface area contributed by atoms with Crippen LogP contribution in [0.3, 0.4) is 0 Å². The van der Waals surface area contributed by atoms with Crippen LogP contribution in [0.25, 0.3) is 5.76 Å². The standard InChI is InChI=1S/C22H17BrN2O3S/c1-13-11-15(4-5-17(13)23)20(26)18-19(14-6-8-24-9-7-14)25(22(28)21(18)27)12-16-3-2-10-29-16/h2-11,19,26H,12H2,1H3/b20-18-. The number of rotatable bonds is 4. The zero-order valence-corrected chi connectivity index (χ0v) is 17.9. The van der Waals surface area contributed by atoms with Gasteiger partial charge in [0.1, 0.15) is 5.76 Å². The molecule has 0 saturated carbocycles. The van der Waals surface area contributed by atoms with Gasteiger partial charge in [0.25, 0.3) is 11.7 Å². The molecule has 1 aliphatic rings. The van der Waals surface area contributed by atoms with E-state index in [-0.39, 0.29) is 11.3 Å². The van der Waals surface area contributed by atoms with Crippen LogP contribution < -0.4 is 0 Å². The summed E-state index contributed by atoms with van der Waals surface area (Å²) < 4.78 is 0.901. The first-order valence-electron chi connectivity index (χ1n) is 8.94. The molecule has 1 saturated heterocycles. The maximum Gasteiger partial charge on any atom is 0.295 e. The molecule has 146 valence electrons. The number of thiophene rings is 1. The first kappa shape index (κ1) is 19.5. The number of hydrogen-bond donors (Lipinski definition) is 1. The molecule has 29 heavy (non-hydrogen) atoms. The number of aliphatic hydroxyl groups excluding tert-OH is 1. The van der Waals surface area contributed by atoms with Crippen LogP contribution >= 0.6 is 27.3 Å². The van der Waals surface area contributed by atoms with Crippen LogP contribution in [0.4, 0.5) is 0 Å². The van der Waals surface area contributed by atoms with Crippen molar-refractivity contribution < 1.29 is 14.7 Å². The van der Waals surface area contributed by atoms with Crippen molar-refractivity contribution >= 4 is 44.7 Å². The Labute approximate surface area is 180 Å². The summed E-state index contributed by atoms with van der Waals surface area (Å²) in [6, 6.07) is 12.0. The van der Waals surface area contributed by atoms with E-state index in [1.807, 2.05) is 30.5 Å². The van der Waals surface area contributed by atoms with Crippen molar-refractivity contribution in [3.63, 3.8) is 0 Å². The lowest BCUT2D eigenvalue weighted by Gasteiger charge is -2.24. The second kappa shape index (κ2) is 7.93. The second-order valence-electron chi connectivity index (χ2n) is 6.75. The van der Waals surface area contributed by atoms with Crippen LogP contribution in [0.1, 0.15) is 27.6 Å². The monoisotopic (exact) mass is 468 g/mol. The van der Waals surface area contributed by atoms with Crippen molar-refractivity contribution in [3.05, 3.63) is 91.9 Å². The minimum atomic E-state index is -0.679. The quantitative estimate of drug-likeness (QED) is 0.338. The lowest BCUT2D eigenvalue weighted by Crippen LogP contribution is -2.28. The number of ketones is 1. The molecule has 3 heterocycles. The fourth-order valence-electron chi connectivity index (χ4n) is 3.45. The molecule has 0 bridgehead atoms. The summed E-state index contributed by atoms with van der Waals surface area (Å²) in [6.07, 6.45) is 3.23. The molecule has 1 atom stereocenters. The van der Waals surface area contributed by atoms with Gasteiger partial charge in [-0.2, -0.15) is 0 Å². The molecular weight excluding hydrogens is 452 g/mol. The van der Waals surface area contributed by atoms with Gasteiger partial charge in [0.15, 0.2) is 0 Å². The van der Waals surface area contributed by atoms with Crippen LogP contribution in [0.2, 0.25) is 0 Å². The summed E-state index contributed by atoms with van der Waals surface area (Å²) >= 11 is 4.96. The average molecular weight is 469 g/mol. The number of hydrogen-bond acceptors (Lipinski definition) is 5. The Kier molecular flexibility index (Phi) is 5.34. The fraction of sp³-hybridized carbons (Fsp3) is 0.136. The first-order valence-corrected chi connectivity index (χ1v) is 10.6. The van der Waals surface area contributed by atoms with E-state index in [1.54, 1.807) is 36.7 Å². The van der Waals surface area contributed by atoms with E-state index in [1.165, 1.54) is 16.2 Å². The van der Waals surface area contributed by atoms with Crippen LogP contribution in [-0.4, -0.2) is 26.7 Å². The summed E-state index contributed by atoms with van der Waals surface area (Å²) in [5, 5.41) is 13.0. The lowest BCUT2D eigenvalue weighted by atomic mass is 9.95. The third-order valence-corrected chi connectivity index (χ3v) is 6.65. The van der Waals surface area contributed by atoms with Crippen LogP contribution in [0, 0.1) is 6.92 Å². The topological polar surface area (TPSA) is 70.5 Å². The van der Waals surface area contributed by atoms with E-state index in [0.717, 1.165) is 20.5 Å². The highest BCUT2D eigenvalue weighted by Gasteiger charge is 2.46. The molecule has 0 radical (unpaired) electrons. The van der Waals surface area contributed by atoms with Gasteiger partial charge in [0, 0.05) is 27.3 Å². The van der Waals surface area contributed by atoms with Crippen LogP contribution in [0.15, 0.2) is 70.3 Å². The second-order valence-corrected chi connectivity index (χ2v) is 8.64. The molecule has 1 aliphatic heterocycles. The molecule has 2 aromatic heterocycles. The minimum absolute atomic E-state index is 0.0967. The van der Waals surface area contributed by atoms with E-state index in [9.17, 15) is 14.7 Å². The van der Waals surface area contributed by atoms with Crippen molar-refractivity contribution in [1.82, 2.24) is 9.88 Å². The number of aliphatic hydroxyl groups is 1. The Morgan fingerprint density at radius 2 is 1.97 bits per heavy atom. The summed E-state index contributed by atoms with van der Waals surface area (Å²) in [5.41, 5.74) is 2.24. The molecule has 0 spiro atoms. The molecule has 1 fully saturated rings. The Morgan fingerprint density at radius 1 is 1.21 bits per heavy atom. The predicted molar refractivity (Wildman–Crippen MR) is 115 cm³/mol. The number of benzene rings is 1. The van der Waals surface area contributed by atoms with E-state index in [2.05, 4.69) is 20.9 Å². The van der Waals surface area contributed by atoms with Gasteiger partial charge >= 0.3 is 0 Å². The highest BCUT2D eigenvalue weighted by molar-refractivity contribution is 9.10. The van der Waals surface area contributed by atoms with Crippen molar-refractivity contribution in [2.75, 3.05) is 0 Å². The number of aromatic nitrogens is 1. The van der Waals surface area contributed by atoms with Gasteiger partial charge in [-0.3, -0.25) is 14.6 Å². The van der Waals surface area contributed by atoms with Crippen molar-refractivity contribution in [1.29, 1.82) is 0 Å². The number of aryl methyl sites for hydroxylation is 1. The highest BCUT2D eigenvalue weighted by atomic mass is 79.9. The van der Waals surface area contributed by atoms with Gasteiger partial charge in [0.2, 0.25) is 0 Å². The minimum Gasteiger partial charge on any atom is -0.507 e. The molecule has 3 aromatic rings. The number of halogens is 1. The zero-order valence-electron chi connectivity index (χ0n) is 15.5. The number of nitrogens with zero attached hydrogens (tertiary/aromatic N) is 2. The Balaban J connectivity index is 1.87. The van der Waals surface area contributed by atoms with Crippen LogP contribution in [-0.2, 0) is 16.1 Å². The SMILES string of the molecule is Cc1cc(/C(O)=C2/C(=O)C(=O)N(Cc3cccs3)C2c2ccncc2)ccc1Br. The molecule has 4 rings (SSSR count). The number of carbonyl (C=O) groups is 2. The van der Waals surface area contributed by atoms with Crippen molar-refractivity contribution in [2.45, 2.75) is 19.5 Å². The van der Waals surface area contributed by atoms with E-state index >= 15 is 0 Å². The number of likely N-dealkylation sites (tertiary alicyclic amines) is 1. The summed E-state index contributed by atoms with van der Waals surface area (Å²) in [7, 11) is 0. The maximum atomic E-state index is 13.0. The zero-order chi connectivity index (χ0) is 20.5. The molecule has 1 N–H and O–H groups in total. The summed E-state index contributed by atoms with van der Waals surface area (Å²) in [4.78, 5) is 32.4. The molecule has 7 heteroatoms. The summed E-state index contributed by atoms with van der Waals surface area (Å²) in [6.45, 7) is 2.20. The highest BCUT2D eigenvalue weighted by Crippen LogP contribution is 2.40. The van der Waals surface area contributed by atoms with Gasteiger partial charge in [-0.25, -0.2) is 0 Å². The van der Waals surface area contributed by atoms with E-state index < -0.39 is 17.7 Å². The van der Waals surface area contributed by atoms with E-state index in [4.69, 9.17) is 0 Å². The summed E-state index contributed by atoms with van der Waals surface area (Å²) in [5.74, 6) is -1.47. The predicted octanol–water partition coefficient (Wildman–Crippen LogP) is 4.84. The molecule has 1 aromatic carbocycles. The van der Waals surface area contributed by atoms with Crippen molar-refractivity contribution in [2.24, 2.45) is 0 Å². The third kappa shape index (κ3) is 3.63. The third-order valence-electron chi connectivity index (χ3n) is 4.90. The molecular formula is C22H17BrN2O3S. The average Bonchev–Trinajstić information content (AvgIpc) is 3.32.